The van der Waals surface area contributed by atoms with E-state index in [2.05, 4.69) is 14.9 Å². The smallest absolute Gasteiger partial charge is 0.226 e. The van der Waals surface area contributed by atoms with Gasteiger partial charge < -0.3 is 4.42 Å². The van der Waals surface area contributed by atoms with Crippen molar-refractivity contribution >= 4 is 0 Å². The Kier molecular flexibility index (Phi) is 4.25. The van der Waals surface area contributed by atoms with Gasteiger partial charge in [-0.2, -0.15) is 0 Å². The lowest BCUT2D eigenvalue weighted by Crippen LogP contribution is -2.17. The van der Waals surface area contributed by atoms with Crippen molar-refractivity contribution in [2.24, 2.45) is 0 Å². The van der Waals surface area contributed by atoms with E-state index in [4.69, 9.17) is 4.42 Å². The third-order valence-corrected chi connectivity index (χ3v) is 3.23. The number of rotatable bonds is 5. The fourth-order valence-corrected chi connectivity index (χ4v) is 2.27. The average molecular weight is 297 g/mol. The van der Waals surface area contributed by atoms with E-state index in [0.29, 0.717) is 18.0 Å². The average Bonchev–Trinajstić information content (AvgIpc) is 2.96. The minimum Gasteiger partial charge on any atom is -0.444 e. The summed E-state index contributed by atoms with van der Waals surface area (Å²) in [7, 11) is 2.00. The lowest BCUT2D eigenvalue weighted by atomic mass is 10.2. The Morgan fingerprint density at radius 1 is 1.18 bits per heavy atom. The third kappa shape index (κ3) is 3.56. The van der Waals surface area contributed by atoms with E-state index in [1.807, 2.05) is 25.4 Å². The zero-order valence-corrected chi connectivity index (χ0v) is 12.2. The molecule has 0 spiro atoms. The molecule has 0 aliphatic carbocycles. The van der Waals surface area contributed by atoms with Crippen LogP contribution in [0.2, 0.25) is 0 Å². The van der Waals surface area contributed by atoms with Crippen LogP contribution in [-0.2, 0) is 13.1 Å². The molecule has 0 unspecified atom stereocenters. The van der Waals surface area contributed by atoms with Gasteiger partial charge in [0.25, 0.3) is 0 Å². The van der Waals surface area contributed by atoms with Gasteiger partial charge in [-0.05, 0) is 36.9 Å². The zero-order valence-electron chi connectivity index (χ0n) is 12.2. The highest BCUT2D eigenvalue weighted by molar-refractivity contribution is 5.52. The van der Waals surface area contributed by atoms with Crippen LogP contribution in [0.15, 0.2) is 59.5 Å². The van der Waals surface area contributed by atoms with Gasteiger partial charge in [-0.25, -0.2) is 9.37 Å². The molecule has 0 radical (unpaired) electrons. The summed E-state index contributed by atoms with van der Waals surface area (Å²) >= 11 is 0. The molecular formula is C17H16FN3O. The van der Waals surface area contributed by atoms with Crippen LogP contribution in [0, 0.1) is 5.82 Å². The molecule has 0 saturated heterocycles. The molecule has 22 heavy (non-hydrogen) atoms. The van der Waals surface area contributed by atoms with Crippen molar-refractivity contribution in [3.05, 3.63) is 72.1 Å². The van der Waals surface area contributed by atoms with Crippen molar-refractivity contribution in [1.29, 1.82) is 0 Å². The molecule has 0 N–H and O–H groups in total. The number of oxazole rings is 1. The van der Waals surface area contributed by atoms with E-state index in [-0.39, 0.29) is 5.82 Å². The van der Waals surface area contributed by atoms with Crippen molar-refractivity contribution in [2.75, 3.05) is 7.05 Å². The number of benzene rings is 1. The van der Waals surface area contributed by atoms with Gasteiger partial charge in [0.05, 0.1) is 5.69 Å². The van der Waals surface area contributed by atoms with Crippen molar-refractivity contribution in [3.8, 4) is 11.5 Å². The Hall–Kier alpha value is -2.53. The standard InChI is InChI=1S/C17H16FN3O/c1-21(10-13-4-3-7-19-9-13)11-16-12-22-17(20-16)14-5-2-6-15(18)8-14/h2-9,12H,10-11H2,1H3. The fourth-order valence-electron chi connectivity index (χ4n) is 2.27. The van der Waals surface area contributed by atoms with Crippen LogP contribution in [-0.4, -0.2) is 21.9 Å². The molecule has 2 heterocycles. The fraction of sp³-hybridized carbons (Fsp3) is 0.176. The van der Waals surface area contributed by atoms with Gasteiger partial charge in [0.1, 0.15) is 12.1 Å². The first kappa shape index (κ1) is 14.4. The zero-order chi connectivity index (χ0) is 15.4. The molecule has 0 bridgehead atoms. The Morgan fingerprint density at radius 2 is 2.09 bits per heavy atom. The molecule has 5 heteroatoms. The number of nitrogens with zero attached hydrogens (tertiary/aromatic N) is 3. The summed E-state index contributed by atoms with van der Waals surface area (Å²) in [6, 6.07) is 10.2. The maximum absolute atomic E-state index is 13.2. The van der Waals surface area contributed by atoms with E-state index < -0.39 is 0 Å². The summed E-state index contributed by atoms with van der Waals surface area (Å²) in [4.78, 5) is 10.6. The minimum absolute atomic E-state index is 0.300. The normalized spacial score (nSPS) is 11.0. The van der Waals surface area contributed by atoms with Crippen LogP contribution in [0.3, 0.4) is 0 Å². The quantitative estimate of drug-likeness (QED) is 0.723. The van der Waals surface area contributed by atoms with Gasteiger partial charge in [-0.1, -0.05) is 12.1 Å². The number of aromatic nitrogens is 2. The molecule has 112 valence electrons. The lowest BCUT2D eigenvalue weighted by Gasteiger charge is -2.14. The molecule has 3 rings (SSSR count). The Balaban J connectivity index is 1.66. The Labute approximate surface area is 128 Å². The second-order valence-corrected chi connectivity index (χ2v) is 5.19. The molecule has 0 fully saturated rings. The summed E-state index contributed by atoms with van der Waals surface area (Å²) in [6.45, 7) is 1.42. The molecule has 0 atom stereocenters. The van der Waals surface area contributed by atoms with E-state index in [1.54, 1.807) is 24.6 Å². The highest BCUT2D eigenvalue weighted by Crippen LogP contribution is 2.20. The minimum atomic E-state index is -0.300. The van der Waals surface area contributed by atoms with Crippen LogP contribution >= 0.6 is 0 Å². The second-order valence-electron chi connectivity index (χ2n) is 5.19. The van der Waals surface area contributed by atoms with Crippen LogP contribution in [0.5, 0.6) is 0 Å². The molecule has 0 saturated carbocycles. The summed E-state index contributed by atoms with van der Waals surface area (Å²) < 4.78 is 18.7. The van der Waals surface area contributed by atoms with Crippen molar-refractivity contribution in [2.45, 2.75) is 13.1 Å². The SMILES string of the molecule is CN(Cc1cccnc1)Cc1coc(-c2cccc(F)c2)n1. The maximum Gasteiger partial charge on any atom is 0.226 e. The predicted molar refractivity (Wildman–Crippen MR) is 81.3 cm³/mol. The van der Waals surface area contributed by atoms with Crippen molar-refractivity contribution in [3.63, 3.8) is 0 Å². The van der Waals surface area contributed by atoms with E-state index in [1.165, 1.54) is 12.1 Å². The van der Waals surface area contributed by atoms with Gasteiger partial charge in [0.15, 0.2) is 0 Å². The molecule has 0 amide bonds. The molecule has 1 aromatic carbocycles. The van der Waals surface area contributed by atoms with Gasteiger partial charge in [-0.15, -0.1) is 0 Å². The summed E-state index contributed by atoms with van der Waals surface area (Å²) in [5.41, 5.74) is 2.59. The lowest BCUT2D eigenvalue weighted by molar-refractivity contribution is 0.314. The first-order chi connectivity index (χ1) is 10.7. The first-order valence-corrected chi connectivity index (χ1v) is 6.98. The second kappa shape index (κ2) is 6.49. The van der Waals surface area contributed by atoms with Crippen LogP contribution < -0.4 is 0 Å². The predicted octanol–water partition coefficient (Wildman–Crippen LogP) is 3.51. The van der Waals surface area contributed by atoms with Gasteiger partial charge in [0.2, 0.25) is 5.89 Å². The molecule has 0 aliphatic rings. The monoisotopic (exact) mass is 297 g/mol. The largest absolute Gasteiger partial charge is 0.444 e. The highest BCUT2D eigenvalue weighted by atomic mass is 19.1. The first-order valence-electron chi connectivity index (χ1n) is 6.98. The van der Waals surface area contributed by atoms with Crippen molar-refractivity contribution in [1.82, 2.24) is 14.9 Å². The number of hydrogen-bond donors (Lipinski definition) is 0. The van der Waals surface area contributed by atoms with Crippen LogP contribution in [0.1, 0.15) is 11.3 Å². The topological polar surface area (TPSA) is 42.2 Å². The number of hydrogen-bond acceptors (Lipinski definition) is 4. The number of halogens is 1. The van der Waals surface area contributed by atoms with Gasteiger partial charge in [-0.3, -0.25) is 9.88 Å². The molecule has 3 aromatic rings. The summed E-state index contributed by atoms with van der Waals surface area (Å²) in [5.74, 6) is 0.134. The summed E-state index contributed by atoms with van der Waals surface area (Å²) in [5, 5.41) is 0. The molecule has 0 aliphatic heterocycles. The molecule has 2 aromatic heterocycles. The van der Waals surface area contributed by atoms with Crippen LogP contribution in [0.4, 0.5) is 4.39 Å². The van der Waals surface area contributed by atoms with E-state index in [9.17, 15) is 4.39 Å². The van der Waals surface area contributed by atoms with Gasteiger partial charge >= 0.3 is 0 Å². The molecular weight excluding hydrogens is 281 g/mol. The molecule has 4 nitrogen and oxygen atoms in total. The Morgan fingerprint density at radius 3 is 2.86 bits per heavy atom. The van der Waals surface area contributed by atoms with Gasteiger partial charge in [0, 0.05) is 31.0 Å². The Bertz CT molecular complexity index is 742. The van der Waals surface area contributed by atoms with Crippen molar-refractivity contribution < 1.29 is 8.81 Å². The third-order valence-electron chi connectivity index (χ3n) is 3.23. The van der Waals surface area contributed by atoms with E-state index in [0.717, 1.165) is 17.8 Å². The summed E-state index contributed by atoms with van der Waals surface area (Å²) in [6.07, 6.45) is 5.21. The van der Waals surface area contributed by atoms with Crippen LogP contribution in [0.25, 0.3) is 11.5 Å². The number of pyridine rings is 1. The highest BCUT2D eigenvalue weighted by Gasteiger charge is 2.09. The maximum atomic E-state index is 13.2. The van der Waals surface area contributed by atoms with E-state index >= 15 is 0 Å².